The van der Waals surface area contributed by atoms with Crippen molar-refractivity contribution in [3.63, 3.8) is 0 Å². The molecule has 0 aliphatic carbocycles. The Kier molecular flexibility index (Phi) is 4.73. The molecule has 1 amide bonds. The van der Waals surface area contributed by atoms with E-state index in [0.717, 1.165) is 12.6 Å². The second-order valence-corrected chi connectivity index (χ2v) is 5.91. The number of rotatable bonds is 4. The lowest BCUT2D eigenvalue weighted by Crippen LogP contribution is -2.14. The van der Waals surface area contributed by atoms with Crippen molar-refractivity contribution in [2.45, 2.75) is 12.7 Å². The number of nitrogens with zero attached hydrogens (tertiary/aromatic N) is 4. The average Bonchev–Trinajstić information content (AvgIpc) is 3.11. The molecule has 0 saturated heterocycles. The van der Waals surface area contributed by atoms with E-state index in [0.29, 0.717) is 17.3 Å². The van der Waals surface area contributed by atoms with Crippen LogP contribution in [0.4, 0.5) is 19.0 Å². The summed E-state index contributed by atoms with van der Waals surface area (Å²) in [4.78, 5) is 12.2. The first-order chi connectivity index (χ1) is 12.2. The van der Waals surface area contributed by atoms with Gasteiger partial charge in [0.25, 0.3) is 5.91 Å². The zero-order valence-corrected chi connectivity index (χ0v) is 14.2. The summed E-state index contributed by atoms with van der Waals surface area (Å²) in [6, 6.07) is 10.1. The third kappa shape index (κ3) is 3.88. The molecule has 0 bridgehead atoms. The number of benzene rings is 1. The average molecular weight is 384 g/mol. The van der Waals surface area contributed by atoms with E-state index in [1.165, 1.54) is 10.9 Å². The van der Waals surface area contributed by atoms with Gasteiger partial charge in [-0.2, -0.15) is 23.4 Å². The first-order valence-corrected chi connectivity index (χ1v) is 7.81. The molecular weight excluding hydrogens is 371 g/mol. The van der Waals surface area contributed by atoms with Crippen LogP contribution < -0.4 is 5.32 Å². The minimum absolute atomic E-state index is 0.0480. The number of nitrogens with one attached hydrogen (secondary N) is 1. The molecule has 0 unspecified atom stereocenters. The van der Waals surface area contributed by atoms with E-state index < -0.39 is 17.8 Å². The molecule has 2 aromatic heterocycles. The van der Waals surface area contributed by atoms with Gasteiger partial charge in [0.1, 0.15) is 10.7 Å². The number of halogens is 4. The van der Waals surface area contributed by atoms with E-state index in [2.05, 4.69) is 15.5 Å². The Bertz CT molecular complexity index is 933. The maximum atomic E-state index is 12.8. The lowest BCUT2D eigenvalue weighted by molar-refractivity contribution is -0.143. The van der Waals surface area contributed by atoms with Crippen LogP contribution in [-0.2, 0) is 19.8 Å². The highest BCUT2D eigenvalue weighted by Crippen LogP contribution is 2.29. The van der Waals surface area contributed by atoms with Crippen molar-refractivity contribution in [3.05, 3.63) is 64.6 Å². The van der Waals surface area contributed by atoms with Gasteiger partial charge in [-0.1, -0.05) is 41.9 Å². The maximum absolute atomic E-state index is 12.8. The van der Waals surface area contributed by atoms with Crippen LogP contribution in [0.15, 0.2) is 42.6 Å². The molecule has 0 radical (unpaired) electrons. The number of carbonyl (C=O) groups excluding carboxylic acids is 1. The van der Waals surface area contributed by atoms with Gasteiger partial charge in [0.15, 0.2) is 11.5 Å². The monoisotopic (exact) mass is 383 g/mol. The summed E-state index contributed by atoms with van der Waals surface area (Å²) in [5.41, 5.74) is -0.430. The van der Waals surface area contributed by atoms with Crippen molar-refractivity contribution < 1.29 is 18.0 Å². The van der Waals surface area contributed by atoms with Gasteiger partial charge in [-0.15, -0.1) is 0 Å². The zero-order chi connectivity index (χ0) is 18.9. The van der Waals surface area contributed by atoms with Gasteiger partial charge in [0, 0.05) is 19.3 Å². The molecule has 10 heteroatoms. The molecule has 6 nitrogen and oxygen atoms in total. The Morgan fingerprint density at radius 2 is 1.92 bits per heavy atom. The minimum atomic E-state index is -4.60. The van der Waals surface area contributed by atoms with E-state index in [9.17, 15) is 18.0 Å². The van der Waals surface area contributed by atoms with Crippen LogP contribution in [0.2, 0.25) is 5.02 Å². The second-order valence-electron chi connectivity index (χ2n) is 5.50. The quantitative estimate of drug-likeness (QED) is 0.748. The number of amides is 1. The van der Waals surface area contributed by atoms with Gasteiger partial charge in [-0.25, -0.2) is 0 Å². The third-order valence-corrected chi connectivity index (χ3v) is 3.82. The normalized spacial score (nSPS) is 11.6. The van der Waals surface area contributed by atoms with Crippen molar-refractivity contribution in [2.75, 3.05) is 5.32 Å². The highest BCUT2D eigenvalue weighted by molar-refractivity contribution is 6.33. The SMILES string of the molecule is Cn1nc(C(=O)Nc2nn(Cc3ccccc3)cc2Cl)cc1C(F)(F)F. The topological polar surface area (TPSA) is 64.7 Å². The Labute approximate surface area is 151 Å². The van der Waals surface area contributed by atoms with Crippen molar-refractivity contribution in [1.29, 1.82) is 0 Å². The minimum Gasteiger partial charge on any atom is -0.302 e. The van der Waals surface area contributed by atoms with Gasteiger partial charge in [0.05, 0.1) is 6.54 Å². The molecule has 0 aliphatic rings. The highest BCUT2D eigenvalue weighted by atomic mass is 35.5. The molecule has 0 atom stereocenters. The predicted molar refractivity (Wildman–Crippen MR) is 88.9 cm³/mol. The van der Waals surface area contributed by atoms with E-state index in [-0.39, 0.29) is 16.5 Å². The molecule has 3 rings (SSSR count). The number of aryl methyl sites for hydroxylation is 1. The Morgan fingerprint density at radius 1 is 1.23 bits per heavy atom. The van der Waals surface area contributed by atoms with Gasteiger partial charge in [0.2, 0.25) is 0 Å². The van der Waals surface area contributed by atoms with Crippen LogP contribution in [-0.4, -0.2) is 25.5 Å². The summed E-state index contributed by atoms with van der Waals surface area (Å²) in [6.45, 7) is 0.429. The third-order valence-electron chi connectivity index (χ3n) is 3.54. The number of hydrogen-bond donors (Lipinski definition) is 1. The molecular formula is C16H13ClF3N5O. The highest BCUT2D eigenvalue weighted by Gasteiger charge is 2.35. The number of aromatic nitrogens is 4. The van der Waals surface area contributed by atoms with Crippen LogP contribution >= 0.6 is 11.6 Å². The largest absolute Gasteiger partial charge is 0.433 e. The van der Waals surface area contributed by atoms with Crippen LogP contribution in [0.25, 0.3) is 0 Å². The fourth-order valence-corrected chi connectivity index (χ4v) is 2.55. The summed E-state index contributed by atoms with van der Waals surface area (Å²) in [5, 5.41) is 10.3. The fraction of sp³-hybridized carbons (Fsp3) is 0.188. The number of alkyl halides is 3. The van der Waals surface area contributed by atoms with Gasteiger partial charge >= 0.3 is 6.18 Å². The molecule has 0 aliphatic heterocycles. The Morgan fingerprint density at radius 3 is 2.54 bits per heavy atom. The van der Waals surface area contributed by atoms with E-state index in [1.807, 2.05) is 30.3 Å². The number of hydrogen-bond acceptors (Lipinski definition) is 3. The van der Waals surface area contributed by atoms with Gasteiger partial charge in [-0.05, 0) is 5.56 Å². The summed E-state index contributed by atoms with van der Waals surface area (Å²) in [6.07, 6.45) is -3.08. The molecule has 1 aromatic carbocycles. The fourth-order valence-electron chi connectivity index (χ4n) is 2.35. The predicted octanol–water partition coefficient (Wildman–Crippen LogP) is 3.59. The summed E-state index contributed by atoms with van der Waals surface area (Å²) >= 11 is 6.05. The van der Waals surface area contributed by atoms with Crippen molar-refractivity contribution in [1.82, 2.24) is 19.6 Å². The Balaban J connectivity index is 1.76. The van der Waals surface area contributed by atoms with E-state index in [1.54, 1.807) is 0 Å². The molecule has 0 fully saturated rings. The first-order valence-electron chi connectivity index (χ1n) is 7.43. The van der Waals surface area contributed by atoms with Gasteiger partial charge in [-0.3, -0.25) is 14.2 Å². The van der Waals surface area contributed by atoms with Crippen LogP contribution in [0, 0.1) is 0 Å². The summed E-state index contributed by atoms with van der Waals surface area (Å²) < 4.78 is 40.5. The van der Waals surface area contributed by atoms with Crippen LogP contribution in [0.3, 0.4) is 0 Å². The Hall–Kier alpha value is -2.81. The van der Waals surface area contributed by atoms with Gasteiger partial charge < -0.3 is 5.32 Å². The van der Waals surface area contributed by atoms with Crippen molar-refractivity contribution in [2.24, 2.45) is 7.05 Å². The molecule has 2 heterocycles. The molecule has 3 aromatic rings. The summed E-state index contributed by atoms with van der Waals surface area (Å²) in [5.74, 6) is -0.783. The van der Waals surface area contributed by atoms with E-state index >= 15 is 0 Å². The standard InChI is InChI=1S/C16H13ClF3N5O/c1-24-13(16(18,19)20)7-12(22-24)15(26)21-14-11(17)9-25(23-14)8-10-5-3-2-4-6-10/h2-7,9H,8H2,1H3,(H,21,23,26). The number of anilines is 1. The lowest BCUT2D eigenvalue weighted by Gasteiger charge is -2.04. The maximum Gasteiger partial charge on any atom is 0.433 e. The molecule has 26 heavy (non-hydrogen) atoms. The smallest absolute Gasteiger partial charge is 0.302 e. The zero-order valence-electron chi connectivity index (χ0n) is 13.5. The van der Waals surface area contributed by atoms with Crippen molar-refractivity contribution in [3.8, 4) is 0 Å². The molecule has 0 spiro atoms. The van der Waals surface area contributed by atoms with E-state index in [4.69, 9.17) is 11.6 Å². The first kappa shape index (κ1) is 18.0. The van der Waals surface area contributed by atoms with Crippen LogP contribution in [0.5, 0.6) is 0 Å². The number of carbonyl (C=O) groups is 1. The molecule has 136 valence electrons. The van der Waals surface area contributed by atoms with Crippen molar-refractivity contribution >= 4 is 23.3 Å². The molecule has 0 saturated carbocycles. The summed E-state index contributed by atoms with van der Waals surface area (Å²) in [7, 11) is 1.11. The second kappa shape index (κ2) is 6.83. The molecule has 1 N–H and O–H groups in total. The van der Waals surface area contributed by atoms with Crippen LogP contribution in [0.1, 0.15) is 21.7 Å². The lowest BCUT2D eigenvalue weighted by atomic mass is 10.2.